The van der Waals surface area contributed by atoms with Crippen LogP contribution < -0.4 is 0 Å². The van der Waals surface area contributed by atoms with Gasteiger partial charge in [-0.3, -0.25) is 4.79 Å². The summed E-state index contributed by atoms with van der Waals surface area (Å²) in [7, 11) is 0. The molecule has 2 unspecified atom stereocenters. The molecular formula is C10H14N2O2. The maximum Gasteiger partial charge on any atom is 0.185 e. The van der Waals surface area contributed by atoms with Crippen molar-refractivity contribution >= 4 is 6.29 Å². The molecule has 4 heteroatoms. The van der Waals surface area contributed by atoms with E-state index in [-0.39, 0.29) is 12.1 Å². The second-order valence-electron chi connectivity index (χ2n) is 3.78. The molecule has 4 nitrogen and oxygen atoms in total. The lowest BCUT2D eigenvalue weighted by Gasteiger charge is -2.27. The van der Waals surface area contributed by atoms with Crippen molar-refractivity contribution in [3.8, 4) is 0 Å². The lowest BCUT2D eigenvalue weighted by molar-refractivity contribution is 0.0995. The van der Waals surface area contributed by atoms with Crippen LogP contribution in [0, 0.1) is 0 Å². The third kappa shape index (κ3) is 1.70. The van der Waals surface area contributed by atoms with E-state index in [9.17, 15) is 9.90 Å². The summed E-state index contributed by atoms with van der Waals surface area (Å²) in [6.07, 6.45) is 7.63. The number of hydrogen-bond donors (Lipinski definition) is 1. The van der Waals surface area contributed by atoms with Crippen LogP contribution in [0.2, 0.25) is 0 Å². The van der Waals surface area contributed by atoms with Gasteiger partial charge < -0.3 is 9.67 Å². The standard InChI is InChI=1S/C10H14N2O2/c13-7-10-11-4-5-12(10)8-2-1-3-9(14)6-8/h4-5,7-9,14H,1-3,6H2. The number of aldehydes is 1. The second kappa shape index (κ2) is 3.92. The van der Waals surface area contributed by atoms with E-state index in [1.165, 1.54) is 0 Å². The number of hydrogen-bond acceptors (Lipinski definition) is 3. The fourth-order valence-electron chi connectivity index (χ4n) is 2.12. The van der Waals surface area contributed by atoms with Crippen molar-refractivity contribution in [3.63, 3.8) is 0 Å². The molecule has 0 aromatic carbocycles. The maximum absolute atomic E-state index is 10.7. The van der Waals surface area contributed by atoms with Gasteiger partial charge in [-0.2, -0.15) is 0 Å². The van der Waals surface area contributed by atoms with Crippen molar-refractivity contribution in [2.45, 2.75) is 37.8 Å². The molecule has 2 rings (SSSR count). The molecule has 0 radical (unpaired) electrons. The number of aliphatic hydroxyl groups excluding tert-OH is 1. The lowest BCUT2D eigenvalue weighted by atomic mass is 9.93. The zero-order chi connectivity index (χ0) is 9.97. The van der Waals surface area contributed by atoms with Gasteiger partial charge in [-0.25, -0.2) is 4.98 Å². The Morgan fingerprint density at radius 3 is 3.14 bits per heavy atom. The van der Waals surface area contributed by atoms with E-state index < -0.39 is 0 Å². The Kier molecular flexibility index (Phi) is 2.63. The summed E-state index contributed by atoms with van der Waals surface area (Å²) in [5.41, 5.74) is 0. The van der Waals surface area contributed by atoms with Gasteiger partial charge in [0.15, 0.2) is 12.1 Å². The van der Waals surface area contributed by atoms with Crippen molar-refractivity contribution in [1.82, 2.24) is 9.55 Å². The van der Waals surface area contributed by atoms with E-state index >= 15 is 0 Å². The molecule has 1 aliphatic rings. The number of aliphatic hydroxyl groups is 1. The van der Waals surface area contributed by atoms with Crippen LogP contribution in [0.4, 0.5) is 0 Å². The molecule has 1 aromatic heterocycles. The van der Waals surface area contributed by atoms with Gasteiger partial charge in [0, 0.05) is 18.4 Å². The van der Waals surface area contributed by atoms with Gasteiger partial charge in [0.1, 0.15) is 0 Å². The van der Waals surface area contributed by atoms with Gasteiger partial charge >= 0.3 is 0 Å². The highest BCUT2D eigenvalue weighted by Gasteiger charge is 2.22. The van der Waals surface area contributed by atoms with Crippen LogP contribution in [0.3, 0.4) is 0 Å². The van der Waals surface area contributed by atoms with Crippen molar-refractivity contribution < 1.29 is 9.90 Å². The van der Waals surface area contributed by atoms with E-state index in [1.807, 2.05) is 10.8 Å². The Balaban J connectivity index is 2.17. The molecule has 1 saturated carbocycles. The first-order chi connectivity index (χ1) is 6.81. The van der Waals surface area contributed by atoms with Crippen molar-refractivity contribution in [1.29, 1.82) is 0 Å². The molecule has 1 N–H and O–H groups in total. The van der Waals surface area contributed by atoms with E-state index in [0.717, 1.165) is 32.0 Å². The third-order valence-corrected chi connectivity index (χ3v) is 2.82. The number of imidazole rings is 1. The first kappa shape index (κ1) is 9.40. The normalized spacial score (nSPS) is 27.5. The van der Waals surface area contributed by atoms with Gasteiger partial charge in [0.2, 0.25) is 0 Å². The molecule has 1 fully saturated rings. The highest BCUT2D eigenvalue weighted by molar-refractivity contribution is 5.69. The van der Waals surface area contributed by atoms with Gasteiger partial charge in [-0.1, -0.05) is 0 Å². The summed E-state index contributed by atoms with van der Waals surface area (Å²) < 4.78 is 1.87. The summed E-state index contributed by atoms with van der Waals surface area (Å²) in [5, 5.41) is 9.52. The number of carbonyl (C=O) groups is 1. The molecule has 2 atom stereocenters. The summed E-state index contributed by atoms with van der Waals surface area (Å²) in [6, 6.07) is 0.237. The molecule has 0 amide bonds. The molecule has 1 heterocycles. The highest BCUT2D eigenvalue weighted by Crippen LogP contribution is 2.28. The Bertz CT molecular complexity index is 322. The average molecular weight is 194 g/mol. The van der Waals surface area contributed by atoms with E-state index in [4.69, 9.17) is 0 Å². The van der Waals surface area contributed by atoms with E-state index in [2.05, 4.69) is 4.98 Å². The van der Waals surface area contributed by atoms with Crippen molar-refractivity contribution in [2.75, 3.05) is 0 Å². The quantitative estimate of drug-likeness (QED) is 0.719. The zero-order valence-electron chi connectivity index (χ0n) is 7.97. The Labute approximate surface area is 82.6 Å². The smallest absolute Gasteiger partial charge is 0.185 e. The fraction of sp³-hybridized carbons (Fsp3) is 0.600. The minimum atomic E-state index is -0.226. The SMILES string of the molecule is O=Cc1nccn1C1CCCC(O)C1. The molecule has 1 aromatic rings. The number of nitrogens with zero attached hydrogens (tertiary/aromatic N) is 2. The predicted octanol–water partition coefficient (Wildman–Crippen LogP) is 1.17. The summed E-state index contributed by atoms with van der Waals surface area (Å²) in [5.74, 6) is 0.462. The average Bonchev–Trinajstić information content (AvgIpc) is 2.65. The van der Waals surface area contributed by atoms with Gasteiger partial charge in [-0.15, -0.1) is 0 Å². The number of carbonyl (C=O) groups excluding carboxylic acids is 1. The first-order valence-corrected chi connectivity index (χ1v) is 4.97. The predicted molar refractivity (Wildman–Crippen MR) is 51.1 cm³/mol. The minimum Gasteiger partial charge on any atom is -0.393 e. The number of rotatable bonds is 2. The Morgan fingerprint density at radius 1 is 1.57 bits per heavy atom. The van der Waals surface area contributed by atoms with Gasteiger partial charge in [0.05, 0.1) is 6.10 Å². The molecule has 0 spiro atoms. The molecular weight excluding hydrogens is 180 g/mol. The van der Waals surface area contributed by atoms with Crippen LogP contribution in [0.5, 0.6) is 0 Å². The monoisotopic (exact) mass is 194 g/mol. The van der Waals surface area contributed by atoms with Crippen LogP contribution in [0.15, 0.2) is 12.4 Å². The molecule has 0 saturated heterocycles. The van der Waals surface area contributed by atoms with Crippen molar-refractivity contribution in [3.05, 3.63) is 18.2 Å². The fourth-order valence-corrected chi connectivity index (χ4v) is 2.12. The molecule has 0 bridgehead atoms. The van der Waals surface area contributed by atoms with Crippen LogP contribution in [0.1, 0.15) is 42.3 Å². The number of aromatic nitrogens is 2. The van der Waals surface area contributed by atoms with E-state index in [1.54, 1.807) is 6.20 Å². The first-order valence-electron chi connectivity index (χ1n) is 4.97. The van der Waals surface area contributed by atoms with Crippen LogP contribution in [0.25, 0.3) is 0 Å². The van der Waals surface area contributed by atoms with E-state index in [0.29, 0.717) is 5.82 Å². The third-order valence-electron chi connectivity index (χ3n) is 2.82. The van der Waals surface area contributed by atoms with Gasteiger partial charge in [-0.05, 0) is 25.7 Å². The van der Waals surface area contributed by atoms with Crippen LogP contribution in [-0.2, 0) is 0 Å². The second-order valence-corrected chi connectivity index (χ2v) is 3.78. The van der Waals surface area contributed by atoms with Crippen LogP contribution >= 0.6 is 0 Å². The molecule has 1 aliphatic carbocycles. The summed E-state index contributed by atoms with van der Waals surface area (Å²) in [4.78, 5) is 14.6. The maximum atomic E-state index is 10.7. The molecule has 14 heavy (non-hydrogen) atoms. The van der Waals surface area contributed by atoms with Gasteiger partial charge in [0.25, 0.3) is 0 Å². The molecule has 0 aliphatic heterocycles. The summed E-state index contributed by atoms with van der Waals surface area (Å²) in [6.45, 7) is 0. The Morgan fingerprint density at radius 2 is 2.43 bits per heavy atom. The zero-order valence-corrected chi connectivity index (χ0v) is 7.97. The topological polar surface area (TPSA) is 55.1 Å². The van der Waals surface area contributed by atoms with Crippen molar-refractivity contribution in [2.24, 2.45) is 0 Å². The lowest BCUT2D eigenvalue weighted by Crippen LogP contribution is -2.23. The Hall–Kier alpha value is -1.16. The largest absolute Gasteiger partial charge is 0.393 e. The molecule has 76 valence electrons. The van der Waals surface area contributed by atoms with Crippen LogP contribution in [-0.4, -0.2) is 27.0 Å². The summed E-state index contributed by atoms with van der Waals surface area (Å²) >= 11 is 0. The minimum absolute atomic E-state index is 0.226. The highest BCUT2D eigenvalue weighted by atomic mass is 16.3.